The van der Waals surface area contributed by atoms with E-state index in [1.165, 1.54) is 5.39 Å². The van der Waals surface area contributed by atoms with Crippen LogP contribution in [0.15, 0.2) is 48.5 Å². The maximum absolute atomic E-state index is 9.81. The molecule has 4 N–H and O–H groups in total. The molecule has 0 fully saturated rings. The Kier molecular flexibility index (Phi) is 1.85. The highest BCUT2D eigenvalue weighted by atomic mass is 16.3. The lowest BCUT2D eigenvalue weighted by Crippen LogP contribution is -1.86. The molecule has 0 saturated carbocycles. The number of anilines is 1. The van der Waals surface area contributed by atoms with Crippen molar-refractivity contribution in [3.8, 4) is 5.75 Å². The summed E-state index contributed by atoms with van der Waals surface area (Å²) in [4.78, 5) is 3.42. The lowest BCUT2D eigenvalue weighted by molar-refractivity contribution is 0.479. The van der Waals surface area contributed by atoms with Gasteiger partial charge in [-0.15, -0.1) is 0 Å². The number of para-hydroxylation sites is 1. The van der Waals surface area contributed by atoms with Crippen molar-refractivity contribution in [1.82, 2.24) is 4.98 Å². The number of hydrogen-bond donors (Lipinski definition) is 3. The minimum Gasteiger partial charge on any atom is -0.506 e. The molecule has 1 heterocycles. The van der Waals surface area contributed by atoms with Crippen molar-refractivity contribution in [2.45, 2.75) is 0 Å². The van der Waals surface area contributed by atoms with Crippen molar-refractivity contribution >= 4 is 38.3 Å². The molecule has 0 saturated heterocycles. The zero-order valence-electron chi connectivity index (χ0n) is 10.1. The normalized spacial score (nSPS) is 11.6. The molecule has 3 nitrogen and oxygen atoms in total. The minimum atomic E-state index is 0.124. The van der Waals surface area contributed by atoms with Crippen molar-refractivity contribution in [1.29, 1.82) is 0 Å². The van der Waals surface area contributed by atoms with E-state index in [1.807, 2.05) is 18.2 Å². The molecule has 4 aromatic rings. The number of phenols is 1. The molecule has 0 radical (unpaired) electrons. The Hall–Kier alpha value is -2.68. The first-order valence-electron chi connectivity index (χ1n) is 6.16. The van der Waals surface area contributed by atoms with Crippen molar-refractivity contribution < 1.29 is 5.11 Å². The number of aromatic nitrogens is 1. The molecule has 0 unspecified atom stereocenters. The van der Waals surface area contributed by atoms with Crippen LogP contribution in [0.5, 0.6) is 5.75 Å². The molecule has 92 valence electrons. The van der Waals surface area contributed by atoms with Crippen molar-refractivity contribution in [3.05, 3.63) is 48.5 Å². The highest BCUT2D eigenvalue weighted by Crippen LogP contribution is 2.34. The van der Waals surface area contributed by atoms with Gasteiger partial charge in [0.2, 0.25) is 0 Å². The number of aromatic hydroxyl groups is 1. The maximum atomic E-state index is 9.81. The van der Waals surface area contributed by atoms with Gasteiger partial charge in [0.15, 0.2) is 0 Å². The zero-order chi connectivity index (χ0) is 13.0. The Morgan fingerprint density at radius 3 is 2.63 bits per heavy atom. The highest BCUT2D eigenvalue weighted by Gasteiger charge is 2.09. The lowest BCUT2D eigenvalue weighted by Gasteiger charge is -2.04. The Morgan fingerprint density at radius 2 is 1.74 bits per heavy atom. The summed E-state index contributed by atoms with van der Waals surface area (Å²) in [5.74, 6) is 0.124. The summed E-state index contributed by atoms with van der Waals surface area (Å²) >= 11 is 0. The van der Waals surface area contributed by atoms with Gasteiger partial charge in [-0.05, 0) is 23.6 Å². The van der Waals surface area contributed by atoms with Gasteiger partial charge in [-0.2, -0.15) is 0 Å². The van der Waals surface area contributed by atoms with Crippen LogP contribution in [0.2, 0.25) is 0 Å². The third kappa shape index (κ3) is 1.32. The number of fused-ring (bicyclic) bond motifs is 5. The maximum Gasteiger partial charge on any atom is 0.139 e. The predicted molar refractivity (Wildman–Crippen MR) is 79.4 cm³/mol. The van der Waals surface area contributed by atoms with Crippen molar-refractivity contribution in [2.75, 3.05) is 5.73 Å². The highest BCUT2D eigenvalue weighted by molar-refractivity contribution is 6.17. The van der Waals surface area contributed by atoms with Gasteiger partial charge in [0, 0.05) is 21.7 Å². The first-order valence-corrected chi connectivity index (χ1v) is 6.16. The number of nitrogens with one attached hydrogen (secondary N) is 1. The molecule has 0 aliphatic heterocycles. The van der Waals surface area contributed by atoms with Gasteiger partial charge in [0.1, 0.15) is 5.75 Å². The van der Waals surface area contributed by atoms with Gasteiger partial charge in [-0.3, -0.25) is 0 Å². The second kappa shape index (κ2) is 3.42. The van der Waals surface area contributed by atoms with Crippen LogP contribution < -0.4 is 5.73 Å². The fraction of sp³-hybridized carbons (Fsp3) is 0. The van der Waals surface area contributed by atoms with Crippen LogP contribution >= 0.6 is 0 Å². The second-order valence-electron chi connectivity index (χ2n) is 4.79. The van der Waals surface area contributed by atoms with Crippen LogP contribution in [0.4, 0.5) is 5.69 Å². The number of aromatic amines is 1. The Morgan fingerprint density at radius 1 is 0.895 bits per heavy atom. The molecule has 1 aromatic heterocycles. The summed E-state index contributed by atoms with van der Waals surface area (Å²) in [5.41, 5.74) is 8.28. The molecule has 0 aliphatic rings. The number of H-pyrrole nitrogens is 1. The molecule has 4 rings (SSSR count). The summed E-state index contributed by atoms with van der Waals surface area (Å²) in [5, 5.41) is 14.2. The SMILES string of the molecule is Nc1cc2ccc3c4ccccc4[nH]c3c2cc1O. The van der Waals surface area contributed by atoms with Crippen LogP contribution in [0.25, 0.3) is 32.6 Å². The fourth-order valence-corrected chi connectivity index (χ4v) is 2.70. The average Bonchev–Trinajstić information content (AvgIpc) is 2.79. The number of nitrogen functional groups attached to an aromatic ring is 1. The van der Waals surface area contributed by atoms with Gasteiger partial charge < -0.3 is 15.8 Å². The zero-order valence-corrected chi connectivity index (χ0v) is 10.1. The quantitative estimate of drug-likeness (QED) is 0.328. The van der Waals surface area contributed by atoms with Gasteiger partial charge >= 0.3 is 0 Å². The van der Waals surface area contributed by atoms with Gasteiger partial charge in [-0.25, -0.2) is 0 Å². The Bertz CT molecular complexity index is 938. The van der Waals surface area contributed by atoms with E-state index >= 15 is 0 Å². The first-order chi connectivity index (χ1) is 9.24. The summed E-state index contributed by atoms with van der Waals surface area (Å²) < 4.78 is 0. The summed E-state index contributed by atoms with van der Waals surface area (Å²) in [6.45, 7) is 0. The van der Waals surface area contributed by atoms with E-state index in [2.05, 4.69) is 23.2 Å². The summed E-state index contributed by atoms with van der Waals surface area (Å²) in [7, 11) is 0. The Labute approximate surface area is 109 Å². The average molecular weight is 248 g/mol. The molecule has 0 bridgehead atoms. The summed E-state index contributed by atoms with van der Waals surface area (Å²) in [6, 6.07) is 15.8. The van der Waals surface area contributed by atoms with E-state index in [1.54, 1.807) is 12.1 Å². The molecule has 19 heavy (non-hydrogen) atoms. The van der Waals surface area contributed by atoms with E-state index in [0.29, 0.717) is 5.69 Å². The van der Waals surface area contributed by atoms with E-state index in [0.717, 1.165) is 27.2 Å². The van der Waals surface area contributed by atoms with Crippen molar-refractivity contribution in [3.63, 3.8) is 0 Å². The predicted octanol–water partition coefficient (Wildman–Crippen LogP) is 3.76. The number of hydrogen-bond acceptors (Lipinski definition) is 2. The number of nitrogens with two attached hydrogens (primary N) is 1. The third-order valence-electron chi connectivity index (χ3n) is 3.64. The van der Waals surface area contributed by atoms with Crippen LogP contribution in [0, 0.1) is 0 Å². The smallest absolute Gasteiger partial charge is 0.139 e. The molecule has 3 heteroatoms. The van der Waals surface area contributed by atoms with Gasteiger partial charge in [0.25, 0.3) is 0 Å². The molecule has 0 amide bonds. The fourth-order valence-electron chi connectivity index (χ4n) is 2.70. The topological polar surface area (TPSA) is 62.0 Å². The minimum absolute atomic E-state index is 0.124. The van der Waals surface area contributed by atoms with Gasteiger partial charge in [-0.1, -0.05) is 30.3 Å². The lowest BCUT2D eigenvalue weighted by atomic mass is 10.0. The van der Waals surface area contributed by atoms with E-state index < -0.39 is 0 Å². The number of benzene rings is 3. The van der Waals surface area contributed by atoms with Crippen LogP contribution in [-0.2, 0) is 0 Å². The molecule has 0 aliphatic carbocycles. The van der Waals surface area contributed by atoms with E-state index in [9.17, 15) is 5.11 Å². The Balaban J connectivity index is 2.27. The molecule has 0 spiro atoms. The second-order valence-corrected chi connectivity index (χ2v) is 4.79. The van der Waals surface area contributed by atoms with Crippen LogP contribution in [0.1, 0.15) is 0 Å². The summed E-state index contributed by atoms with van der Waals surface area (Å²) in [6.07, 6.45) is 0. The number of rotatable bonds is 0. The largest absolute Gasteiger partial charge is 0.506 e. The molecular formula is C16H12N2O. The van der Waals surface area contributed by atoms with E-state index in [4.69, 9.17) is 5.73 Å². The van der Waals surface area contributed by atoms with Crippen molar-refractivity contribution in [2.24, 2.45) is 0 Å². The molecular weight excluding hydrogens is 236 g/mol. The molecule has 3 aromatic carbocycles. The first kappa shape index (κ1) is 10.3. The molecule has 0 atom stereocenters. The van der Waals surface area contributed by atoms with Gasteiger partial charge in [0.05, 0.1) is 11.2 Å². The standard InChI is InChI=1S/C16H12N2O/c17-13-7-9-5-6-11-10-3-1-2-4-14(10)18-16(11)12(9)8-15(13)19/h1-8,18-19H,17H2. The monoisotopic (exact) mass is 248 g/mol. The number of phenolic OH excluding ortho intramolecular Hbond substituents is 1. The van der Waals surface area contributed by atoms with Crippen LogP contribution in [0.3, 0.4) is 0 Å². The van der Waals surface area contributed by atoms with Crippen LogP contribution in [-0.4, -0.2) is 10.1 Å². The van der Waals surface area contributed by atoms with E-state index in [-0.39, 0.29) is 5.75 Å². The third-order valence-corrected chi connectivity index (χ3v) is 3.64.